The van der Waals surface area contributed by atoms with Crippen LogP contribution in [0.15, 0.2) is 18.5 Å². The second-order valence-electron chi connectivity index (χ2n) is 6.61. The summed E-state index contributed by atoms with van der Waals surface area (Å²) in [4.78, 5) is 20.1. The molecule has 2 aromatic rings. The Hall–Kier alpha value is -1.71. The molecule has 1 saturated heterocycles. The maximum Gasteiger partial charge on any atom is 0.226 e. The minimum Gasteiger partial charge on any atom is -0.375 e. The van der Waals surface area contributed by atoms with Gasteiger partial charge in [-0.25, -0.2) is 14.4 Å². The van der Waals surface area contributed by atoms with Crippen LogP contribution < -0.4 is 15.5 Å². The van der Waals surface area contributed by atoms with E-state index in [0.29, 0.717) is 24.0 Å². The summed E-state index contributed by atoms with van der Waals surface area (Å²) in [5, 5.41) is 0.576. The molecule has 3 heterocycles. The molecule has 1 fully saturated rings. The highest BCUT2D eigenvalue weighted by Gasteiger charge is 2.34. The Balaban J connectivity index is 0.00000243. The first kappa shape index (κ1) is 20.6. The lowest BCUT2D eigenvalue weighted by molar-refractivity contribution is 0.291. The molecule has 0 amide bonds. The molecule has 0 unspecified atom stereocenters. The smallest absolute Gasteiger partial charge is 0.226 e. The molecule has 1 aliphatic rings. The molecule has 2 N–H and O–H groups in total. The Morgan fingerprint density at radius 2 is 2.12 bits per heavy atom. The van der Waals surface area contributed by atoms with Gasteiger partial charge in [0.25, 0.3) is 0 Å². The van der Waals surface area contributed by atoms with Gasteiger partial charge in [0.15, 0.2) is 5.13 Å². The van der Waals surface area contributed by atoms with Gasteiger partial charge >= 0.3 is 0 Å². The maximum absolute atomic E-state index is 14.1. The Bertz CT molecular complexity index is 713. The van der Waals surface area contributed by atoms with Gasteiger partial charge in [0.05, 0.1) is 6.54 Å². The number of halogens is 2. The molecule has 1 aliphatic heterocycles. The van der Waals surface area contributed by atoms with Crippen molar-refractivity contribution in [2.24, 2.45) is 0 Å². The van der Waals surface area contributed by atoms with E-state index in [9.17, 15) is 4.39 Å². The van der Waals surface area contributed by atoms with E-state index in [1.54, 1.807) is 12.4 Å². The monoisotopic (exact) mass is 401 g/mol. The number of thiazole rings is 1. The molecule has 2 atom stereocenters. The quantitative estimate of drug-likeness (QED) is 0.793. The fourth-order valence-corrected chi connectivity index (χ4v) is 3.88. The first-order valence-electron chi connectivity index (χ1n) is 8.22. The lowest BCUT2D eigenvalue weighted by atomic mass is 10.2. The van der Waals surface area contributed by atoms with Gasteiger partial charge in [0.2, 0.25) is 5.95 Å². The number of rotatable bonds is 6. The number of alkyl halides is 1. The lowest BCUT2D eigenvalue weighted by Gasteiger charge is -2.29. The van der Waals surface area contributed by atoms with Crippen molar-refractivity contribution in [2.75, 3.05) is 49.8 Å². The van der Waals surface area contributed by atoms with E-state index < -0.39 is 6.17 Å². The summed E-state index contributed by atoms with van der Waals surface area (Å²) < 4.78 is 14.1. The summed E-state index contributed by atoms with van der Waals surface area (Å²) in [5.41, 5.74) is 5.69. The first-order chi connectivity index (χ1) is 11.9. The number of hydrogen-bond acceptors (Lipinski definition) is 8. The van der Waals surface area contributed by atoms with Gasteiger partial charge in [-0.3, -0.25) is 4.90 Å². The van der Waals surface area contributed by atoms with Crippen LogP contribution in [-0.4, -0.2) is 66.3 Å². The summed E-state index contributed by atoms with van der Waals surface area (Å²) in [7, 11) is 5.82. The molecule has 144 valence electrons. The SMILES string of the molecule is CN(Cc1cnc(N)s1)C[C@@H]1C[C@H](F)CN1c1ccnc(N(C)C)n1.Cl. The Kier molecular flexibility index (Phi) is 6.96. The molecule has 7 nitrogen and oxygen atoms in total. The van der Waals surface area contributed by atoms with Gasteiger partial charge in [0.1, 0.15) is 12.0 Å². The summed E-state index contributed by atoms with van der Waals surface area (Å²) in [6.07, 6.45) is 3.20. The molecule has 0 bridgehead atoms. The minimum atomic E-state index is -0.838. The van der Waals surface area contributed by atoms with Crippen LogP contribution in [0.3, 0.4) is 0 Å². The van der Waals surface area contributed by atoms with E-state index in [-0.39, 0.29) is 18.4 Å². The van der Waals surface area contributed by atoms with Crippen LogP contribution in [0.4, 0.5) is 21.3 Å². The Morgan fingerprint density at radius 1 is 1.35 bits per heavy atom. The summed E-state index contributed by atoms with van der Waals surface area (Å²) in [6, 6.07) is 1.93. The van der Waals surface area contributed by atoms with Crippen molar-refractivity contribution in [3.63, 3.8) is 0 Å². The van der Waals surface area contributed by atoms with E-state index in [4.69, 9.17) is 5.73 Å². The number of nitrogens with zero attached hydrogens (tertiary/aromatic N) is 6. The maximum atomic E-state index is 14.1. The number of hydrogen-bond donors (Lipinski definition) is 1. The largest absolute Gasteiger partial charge is 0.375 e. The second-order valence-corrected chi connectivity index (χ2v) is 7.76. The third kappa shape index (κ3) is 4.93. The minimum absolute atomic E-state index is 0. The predicted octanol–water partition coefficient (Wildman–Crippen LogP) is 2.05. The average Bonchev–Trinajstić information content (AvgIpc) is 3.13. The third-order valence-corrected chi connectivity index (χ3v) is 5.02. The average molecular weight is 402 g/mol. The predicted molar refractivity (Wildman–Crippen MR) is 107 cm³/mol. The Morgan fingerprint density at radius 3 is 2.77 bits per heavy atom. The van der Waals surface area contributed by atoms with Crippen LogP contribution in [0, 0.1) is 0 Å². The summed E-state index contributed by atoms with van der Waals surface area (Å²) in [5.74, 6) is 1.41. The molecule has 10 heteroatoms. The van der Waals surface area contributed by atoms with Gasteiger partial charge in [-0.15, -0.1) is 23.7 Å². The van der Waals surface area contributed by atoms with Crippen molar-refractivity contribution in [1.29, 1.82) is 0 Å². The van der Waals surface area contributed by atoms with Crippen molar-refractivity contribution in [3.8, 4) is 0 Å². The first-order valence-corrected chi connectivity index (χ1v) is 9.04. The standard InChI is InChI=1S/C16H24FN7S.ClH/c1-22(2)16-19-5-4-14(21-16)24-8-11(17)6-12(24)9-23(3)10-13-7-20-15(18)25-13;/h4-5,7,11-12H,6,8-10H2,1-3H3,(H2,18,20);1H/t11-,12-;/m0./s1. The van der Waals surface area contributed by atoms with Gasteiger partial charge in [0, 0.05) is 56.9 Å². The highest BCUT2D eigenvalue weighted by atomic mass is 35.5. The number of nitrogen functional groups attached to an aromatic ring is 1. The topological polar surface area (TPSA) is 74.4 Å². The molecule has 2 aromatic heterocycles. The van der Waals surface area contributed by atoms with Crippen molar-refractivity contribution < 1.29 is 4.39 Å². The normalized spacial score (nSPS) is 19.7. The molecule has 3 rings (SSSR count). The zero-order valence-corrected chi connectivity index (χ0v) is 16.8. The fraction of sp³-hybridized carbons (Fsp3) is 0.562. The van der Waals surface area contributed by atoms with Gasteiger partial charge < -0.3 is 15.5 Å². The van der Waals surface area contributed by atoms with Crippen LogP contribution in [-0.2, 0) is 6.54 Å². The molecule has 0 radical (unpaired) electrons. The number of anilines is 3. The number of likely N-dealkylation sites (N-methyl/N-ethyl adjacent to an activating group) is 1. The van der Waals surface area contributed by atoms with Crippen LogP contribution in [0.5, 0.6) is 0 Å². The van der Waals surface area contributed by atoms with Crippen molar-refractivity contribution in [1.82, 2.24) is 19.9 Å². The fourth-order valence-electron chi connectivity index (χ4n) is 3.11. The molecular weight excluding hydrogens is 377 g/mol. The number of nitrogens with two attached hydrogens (primary N) is 1. The Labute approximate surface area is 163 Å². The highest BCUT2D eigenvalue weighted by molar-refractivity contribution is 7.15. The number of aromatic nitrogens is 3. The van der Waals surface area contributed by atoms with E-state index >= 15 is 0 Å². The van der Waals surface area contributed by atoms with Crippen molar-refractivity contribution in [3.05, 3.63) is 23.3 Å². The van der Waals surface area contributed by atoms with E-state index in [1.807, 2.05) is 32.1 Å². The van der Waals surface area contributed by atoms with Crippen LogP contribution in [0.25, 0.3) is 0 Å². The van der Waals surface area contributed by atoms with Crippen molar-refractivity contribution >= 4 is 40.6 Å². The van der Waals surface area contributed by atoms with E-state index in [2.05, 4.69) is 24.8 Å². The third-order valence-electron chi connectivity index (χ3n) is 4.21. The van der Waals surface area contributed by atoms with Crippen LogP contribution >= 0.6 is 23.7 Å². The molecule has 26 heavy (non-hydrogen) atoms. The summed E-state index contributed by atoms with van der Waals surface area (Å²) in [6.45, 7) is 1.87. The molecule has 0 aliphatic carbocycles. The zero-order chi connectivity index (χ0) is 18.0. The van der Waals surface area contributed by atoms with Gasteiger partial charge in [-0.2, -0.15) is 4.98 Å². The van der Waals surface area contributed by atoms with Crippen LogP contribution in [0.1, 0.15) is 11.3 Å². The molecular formula is C16H25ClFN7S. The van der Waals surface area contributed by atoms with Gasteiger partial charge in [-0.05, 0) is 13.1 Å². The highest BCUT2D eigenvalue weighted by Crippen LogP contribution is 2.27. The van der Waals surface area contributed by atoms with Crippen molar-refractivity contribution in [2.45, 2.75) is 25.2 Å². The molecule has 0 spiro atoms. The van der Waals surface area contributed by atoms with E-state index in [0.717, 1.165) is 23.8 Å². The second kappa shape index (κ2) is 8.79. The summed E-state index contributed by atoms with van der Waals surface area (Å²) >= 11 is 1.49. The molecule has 0 aromatic carbocycles. The molecule has 0 saturated carbocycles. The van der Waals surface area contributed by atoms with Crippen LogP contribution in [0.2, 0.25) is 0 Å². The van der Waals surface area contributed by atoms with E-state index in [1.165, 1.54) is 11.3 Å². The zero-order valence-electron chi connectivity index (χ0n) is 15.2. The lowest BCUT2D eigenvalue weighted by Crippen LogP contribution is -2.39. The van der Waals surface area contributed by atoms with Gasteiger partial charge in [-0.1, -0.05) is 0 Å².